The van der Waals surface area contributed by atoms with Crippen molar-refractivity contribution >= 4 is 27.2 Å². The van der Waals surface area contributed by atoms with Gasteiger partial charge in [-0.15, -0.1) is 0 Å². The maximum absolute atomic E-state index is 11.4. The molecule has 0 heterocycles. The van der Waals surface area contributed by atoms with Gasteiger partial charge in [0, 0.05) is 5.56 Å². The summed E-state index contributed by atoms with van der Waals surface area (Å²) in [5, 5.41) is 9.62. The zero-order chi connectivity index (χ0) is 11.5. The molecule has 1 aromatic rings. The van der Waals surface area contributed by atoms with Crippen LogP contribution >= 0.6 is 11.6 Å². The normalized spacial score (nSPS) is 13.5. The molecule has 1 rings (SSSR count). The second-order valence-electron chi connectivity index (χ2n) is 2.89. The van der Waals surface area contributed by atoms with Crippen LogP contribution in [0.4, 0.5) is 0 Å². The summed E-state index contributed by atoms with van der Waals surface area (Å²) >= 11 is 5.60. The van der Waals surface area contributed by atoms with E-state index >= 15 is 0 Å². The fourth-order valence-corrected chi connectivity index (χ4v) is 2.09. The van der Waals surface area contributed by atoms with Crippen LogP contribution in [0.3, 0.4) is 0 Å². The van der Waals surface area contributed by atoms with E-state index in [0.717, 1.165) is 0 Å². The van der Waals surface area contributed by atoms with Crippen molar-refractivity contribution in [3.8, 4) is 0 Å². The SMILES string of the molecule is CCS(=O)(=O)C(Cl)=C(O)c1ccccc1. The molecule has 1 aromatic carbocycles. The van der Waals surface area contributed by atoms with Crippen molar-refractivity contribution in [3.63, 3.8) is 0 Å². The van der Waals surface area contributed by atoms with Crippen molar-refractivity contribution < 1.29 is 13.5 Å². The second kappa shape index (κ2) is 4.68. The number of aliphatic hydroxyl groups excluding tert-OH is 1. The van der Waals surface area contributed by atoms with Crippen molar-refractivity contribution in [1.29, 1.82) is 0 Å². The summed E-state index contributed by atoms with van der Waals surface area (Å²) in [6.45, 7) is 1.47. The zero-order valence-corrected chi connectivity index (χ0v) is 9.72. The number of benzene rings is 1. The van der Waals surface area contributed by atoms with E-state index in [1.54, 1.807) is 30.3 Å². The van der Waals surface area contributed by atoms with Gasteiger partial charge < -0.3 is 5.11 Å². The Morgan fingerprint density at radius 2 is 1.87 bits per heavy atom. The Bertz CT molecular complexity index is 463. The molecular weight excluding hydrogens is 236 g/mol. The smallest absolute Gasteiger partial charge is 0.192 e. The highest BCUT2D eigenvalue weighted by atomic mass is 35.5. The van der Waals surface area contributed by atoms with Gasteiger partial charge in [0.1, 0.15) is 0 Å². The number of hydrogen-bond acceptors (Lipinski definition) is 3. The molecule has 0 atom stereocenters. The summed E-state index contributed by atoms with van der Waals surface area (Å²) in [7, 11) is -3.55. The number of sulfone groups is 1. The number of aliphatic hydroxyl groups is 1. The van der Waals surface area contributed by atoms with Crippen LogP contribution in [0.25, 0.3) is 5.76 Å². The lowest BCUT2D eigenvalue weighted by atomic mass is 10.2. The third-order valence-corrected chi connectivity index (χ3v) is 4.27. The molecule has 5 heteroatoms. The zero-order valence-electron chi connectivity index (χ0n) is 8.14. The summed E-state index contributed by atoms with van der Waals surface area (Å²) in [6, 6.07) is 8.31. The van der Waals surface area contributed by atoms with Crippen LogP contribution in [0.2, 0.25) is 0 Å². The van der Waals surface area contributed by atoms with E-state index in [1.165, 1.54) is 6.92 Å². The van der Waals surface area contributed by atoms with E-state index in [9.17, 15) is 13.5 Å². The molecule has 0 aromatic heterocycles. The molecule has 0 aliphatic heterocycles. The van der Waals surface area contributed by atoms with Gasteiger partial charge >= 0.3 is 0 Å². The second-order valence-corrected chi connectivity index (χ2v) is 5.71. The van der Waals surface area contributed by atoms with Gasteiger partial charge in [-0.3, -0.25) is 0 Å². The standard InChI is InChI=1S/C10H11ClO3S/c1-2-15(13,14)10(11)9(12)8-6-4-3-5-7-8/h3-7,12H,2H2,1H3. The first-order chi connectivity index (χ1) is 6.99. The monoisotopic (exact) mass is 246 g/mol. The summed E-state index contributed by atoms with van der Waals surface area (Å²) in [5.41, 5.74) is 0.388. The highest BCUT2D eigenvalue weighted by Gasteiger charge is 2.18. The topological polar surface area (TPSA) is 54.4 Å². The molecule has 0 fully saturated rings. The average molecular weight is 247 g/mol. The summed E-state index contributed by atoms with van der Waals surface area (Å²) in [4.78, 5) is 0. The Morgan fingerprint density at radius 1 is 1.33 bits per heavy atom. The van der Waals surface area contributed by atoms with Crippen molar-refractivity contribution in [2.45, 2.75) is 6.92 Å². The van der Waals surface area contributed by atoms with Crippen molar-refractivity contribution in [3.05, 3.63) is 40.3 Å². The van der Waals surface area contributed by atoms with E-state index in [-0.39, 0.29) is 5.75 Å². The lowest BCUT2D eigenvalue weighted by molar-refractivity contribution is 0.510. The Hall–Kier alpha value is -1.00. The quantitative estimate of drug-likeness (QED) is 0.834. The predicted molar refractivity (Wildman–Crippen MR) is 61.3 cm³/mol. The van der Waals surface area contributed by atoms with Gasteiger partial charge in [-0.05, 0) is 0 Å². The molecule has 0 aliphatic carbocycles. The first-order valence-corrected chi connectivity index (χ1v) is 6.39. The fraction of sp³-hybridized carbons (Fsp3) is 0.200. The molecule has 15 heavy (non-hydrogen) atoms. The van der Waals surface area contributed by atoms with Crippen LogP contribution in [0.1, 0.15) is 12.5 Å². The van der Waals surface area contributed by atoms with E-state index in [1.807, 2.05) is 0 Å². The van der Waals surface area contributed by atoms with Crippen LogP contribution in [0, 0.1) is 0 Å². The highest BCUT2D eigenvalue weighted by molar-refractivity contribution is 7.97. The van der Waals surface area contributed by atoms with Crippen molar-refractivity contribution in [1.82, 2.24) is 0 Å². The van der Waals surface area contributed by atoms with Crippen LogP contribution in [-0.2, 0) is 9.84 Å². The largest absolute Gasteiger partial charge is 0.505 e. The molecule has 0 aliphatic rings. The minimum Gasteiger partial charge on any atom is -0.505 e. The Labute approximate surface area is 93.9 Å². The minimum atomic E-state index is -3.55. The van der Waals surface area contributed by atoms with Gasteiger partial charge in [0.2, 0.25) is 0 Å². The molecule has 3 nitrogen and oxygen atoms in total. The van der Waals surface area contributed by atoms with Crippen LogP contribution in [0.15, 0.2) is 34.7 Å². The average Bonchev–Trinajstić information content (AvgIpc) is 2.28. The van der Waals surface area contributed by atoms with Gasteiger partial charge in [0.25, 0.3) is 0 Å². The van der Waals surface area contributed by atoms with Crippen LogP contribution < -0.4 is 0 Å². The minimum absolute atomic E-state index is 0.136. The molecule has 0 saturated heterocycles. The number of halogens is 1. The Balaban J connectivity index is 3.24. The first-order valence-electron chi connectivity index (χ1n) is 4.36. The lowest BCUT2D eigenvalue weighted by Crippen LogP contribution is -2.04. The van der Waals surface area contributed by atoms with Gasteiger partial charge in [-0.1, -0.05) is 48.9 Å². The maximum Gasteiger partial charge on any atom is 0.192 e. The van der Waals surface area contributed by atoms with E-state index in [0.29, 0.717) is 5.56 Å². The van der Waals surface area contributed by atoms with Crippen LogP contribution in [0.5, 0.6) is 0 Å². The van der Waals surface area contributed by atoms with Crippen LogP contribution in [-0.4, -0.2) is 19.3 Å². The Kier molecular flexibility index (Phi) is 3.77. The van der Waals surface area contributed by atoms with E-state index < -0.39 is 20.0 Å². The first kappa shape index (κ1) is 12.1. The molecule has 0 radical (unpaired) electrons. The number of rotatable bonds is 3. The summed E-state index contributed by atoms with van der Waals surface area (Å²) < 4.78 is 22.2. The van der Waals surface area contributed by atoms with E-state index in [2.05, 4.69) is 0 Å². The summed E-state index contributed by atoms with van der Waals surface area (Å²) in [5.74, 6) is -0.540. The van der Waals surface area contributed by atoms with Gasteiger partial charge in [0.05, 0.1) is 5.75 Å². The highest BCUT2D eigenvalue weighted by Crippen LogP contribution is 2.23. The molecule has 0 saturated carbocycles. The third kappa shape index (κ3) is 2.73. The van der Waals surface area contributed by atoms with Crippen molar-refractivity contribution in [2.24, 2.45) is 0 Å². The molecule has 0 unspecified atom stereocenters. The third-order valence-electron chi connectivity index (χ3n) is 1.89. The van der Waals surface area contributed by atoms with Crippen molar-refractivity contribution in [2.75, 3.05) is 5.75 Å². The van der Waals surface area contributed by atoms with Gasteiger partial charge in [-0.25, -0.2) is 8.42 Å². The molecule has 1 N–H and O–H groups in total. The molecule has 0 amide bonds. The molecule has 82 valence electrons. The summed E-state index contributed by atoms with van der Waals surface area (Å²) in [6.07, 6.45) is 0. The predicted octanol–water partition coefficient (Wildman–Crippen LogP) is 2.54. The van der Waals surface area contributed by atoms with Gasteiger partial charge in [-0.2, -0.15) is 0 Å². The number of hydrogen-bond donors (Lipinski definition) is 1. The van der Waals surface area contributed by atoms with E-state index in [4.69, 9.17) is 11.6 Å². The molecule has 0 spiro atoms. The molecular formula is C10H11ClO3S. The Morgan fingerprint density at radius 3 is 2.33 bits per heavy atom. The lowest BCUT2D eigenvalue weighted by Gasteiger charge is -2.04. The fourth-order valence-electron chi connectivity index (χ4n) is 0.984. The van der Waals surface area contributed by atoms with Gasteiger partial charge in [0.15, 0.2) is 20.0 Å². The molecule has 0 bridgehead atoms. The maximum atomic E-state index is 11.4.